The zero-order valence-electron chi connectivity index (χ0n) is 25.3. The van der Waals surface area contributed by atoms with Crippen LogP contribution in [0.3, 0.4) is 0 Å². The average Bonchev–Trinajstić information content (AvgIpc) is 3.33. The fourth-order valence-corrected chi connectivity index (χ4v) is 7.17. The van der Waals surface area contributed by atoms with Gasteiger partial charge in [0.15, 0.2) is 11.6 Å². The van der Waals surface area contributed by atoms with Crippen molar-refractivity contribution in [3.63, 3.8) is 0 Å². The van der Waals surface area contributed by atoms with Gasteiger partial charge in [0.25, 0.3) is 5.91 Å². The molecule has 2 amide bonds. The highest BCUT2D eigenvalue weighted by atomic mass is 19.2. The summed E-state index contributed by atoms with van der Waals surface area (Å²) in [5, 5.41) is 12.4. The maximum atomic E-state index is 15.4. The van der Waals surface area contributed by atoms with Gasteiger partial charge in [-0.05, 0) is 71.6 Å². The topological polar surface area (TPSA) is 108 Å². The van der Waals surface area contributed by atoms with Crippen LogP contribution in [0.15, 0.2) is 42.6 Å². The molecule has 1 unspecified atom stereocenters. The number of carboxylic acid groups (broad SMARTS) is 1. The van der Waals surface area contributed by atoms with E-state index in [4.69, 9.17) is 0 Å². The van der Waals surface area contributed by atoms with Gasteiger partial charge in [0.2, 0.25) is 11.9 Å². The number of likely N-dealkylation sites (tertiary alicyclic amines) is 1. The van der Waals surface area contributed by atoms with Gasteiger partial charge in [-0.2, -0.15) is 0 Å². The molecule has 1 saturated carbocycles. The molecule has 3 heterocycles. The van der Waals surface area contributed by atoms with E-state index >= 15 is 8.78 Å². The monoisotopic (exact) mass is 603 g/mol. The number of anilines is 1. The number of aliphatic carboxylic acids is 1. The number of aromatic nitrogens is 2. The van der Waals surface area contributed by atoms with E-state index in [1.54, 1.807) is 10.8 Å². The maximum absolute atomic E-state index is 15.4. The van der Waals surface area contributed by atoms with Gasteiger partial charge in [0.1, 0.15) is 11.7 Å². The minimum atomic E-state index is -1.38. The molecule has 1 aliphatic carbocycles. The third-order valence-electron chi connectivity index (χ3n) is 9.55. The largest absolute Gasteiger partial charge is 0.481 e. The van der Waals surface area contributed by atoms with Crippen LogP contribution in [0, 0.1) is 42.7 Å². The average molecular weight is 604 g/mol. The Morgan fingerprint density at radius 2 is 1.86 bits per heavy atom. The molecule has 1 aromatic heterocycles. The summed E-state index contributed by atoms with van der Waals surface area (Å²) in [6, 6.07) is 5.74. The van der Waals surface area contributed by atoms with Crippen LogP contribution in [0.25, 0.3) is 17.3 Å². The Kier molecular flexibility index (Phi) is 7.09. The Hall–Kier alpha value is -4.54. The van der Waals surface area contributed by atoms with Crippen molar-refractivity contribution < 1.29 is 28.3 Å². The van der Waals surface area contributed by atoms with E-state index in [1.165, 1.54) is 11.0 Å². The number of likely N-dealkylation sites (N-methyl/N-ethyl adjacent to an activating group) is 1. The molecule has 3 aliphatic rings. The van der Waals surface area contributed by atoms with Crippen LogP contribution in [0.5, 0.6) is 0 Å². The number of hydrogen-bond acceptors (Lipinski definition) is 5. The minimum absolute atomic E-state index is 0.0569. The number of imidazole rings is 1. The molecule has 2 aliphatic heterocycles. The number of piperidine rings is 1. The summed E-state index contributed by atoms with van der Waals surface area (Å²) in [6.07, 6.45) is 4.71. The summed E-state index contributed by atoms with van der Waals surface area (Å²) in [5.41, 5.74) is 2.45. The van der Waals surface area contributed by atoms with Gasteiger partial charge in [-0.15, -0.1) is 0 Å². The molecule has 0 spiro atoms. The van der Waals surface area contributed by atoms with Gasteiger partial charge in [-0.25, -0.2) is 13.8 Å². The van der Waals surface area contributed by atoms with E-state index in [0.29, 0.717) is 30.2 Å². The summed E-state index contributed by atoms with van der Waals surface area (Å²) in [6.45, 7) is 8.73. The predicted octanol–water partition coefficient (Wildman–Crippen LogP) is 4.79. The number of nitrogens with zero attached hydrogens (tertiary/aromatic N) is 4. The van der Waals surface area contributed by atoms with Crippen LogP contribution in [0.4, 0.5) is 14.7 Å². The number of fused-ring (bicyclic) bond motifs is 2. The lowest BCUT2D eigenvalue weighted by Gasteiger charge is -2.31. The molecule has 1 saturated heterocycles. The van der Waals surface area contributed by atoms with Crippen molar-refractivity contribution in [2.75, 3.05) is 25.0 Å². The molecule has 9 nitrogen and oxygen atoms in total. The Bertz CT molecular complexity index is 1710. The zero-order chi connectivity index (χ0) is 31.7. The van der Waals surface area contributed by atoms with Crippen LogP contribution >= 0.6 is 0 Å². The Labute approximate surface area is 254 Å². The number of aryl methyl sites for hydroxylation is 2. The van der Waals surface area contributed by atoms with Gasteiger partial charge >= 0.3 is 5.97 Å². The second kappa shape index (κ2) is 10.6. The number of carbonyl (C=O) groups is 3. The lowest BCUT2D eigenvalue weighted by Crippen LogP contribution is -2.50. The smallest absolute Gasteiger partial charge is 0.305 e. The number of rotatable bonds is 7. The molecule has 11 heteroatoms. The lowest BCUT2D eigenvalue weighted by atomic mass is 9.92. The van der Waals surface area contributed by atoms with Crippen molar-refractivity contribution >= 4 is 29.9 Å². The van der Waals surface area contributed by atoms with Crippen LogP contribution in [-0.2, 0) is 9.59 Å². The molecule has 0 radical (unpaired) electrons. The van der Waals surface area contributed by atoms with Gasteiger partial charge in [0, 0.05) is 38.1 Å². The SMILES string of the molecule is Cc1cccc(C)c1-c1cc(F)c(F)c(C(CC(=O)O)NC(=O)[C@@H]2[C@@H]3[C@H](CN2C(=O)c2cn4c(n2)N(C)CC=C4)C3(C)C)c1. The number of amides is 2. The third kappa shape index (κ3) is 4.84. The van der Waals surface area contributed by atoms with E-state index in [2.05, 4.69) is 10.3 Å². The molecule has 0 bridgehead atoms. The van der Waals surface area contributed by atoms with E-state index < -0.39 is 47.9 Å². The molecule has 44 heavy (non-hydrogen) atoms. The number of benzene rings is 2. The van der Waals surface area contributed by atoms with Crippen molar-refractivity contribution in [3.05, 3.63) is 76.6 Å². The fourth-order valence-electron chi connectivity index (χ4n) is 7.17. The standard InChI is InChI=1S/C33H35F2N5O4/c1-17-8-6-9-18(2)26(17)19-12-20(28(35)22(34)13-19)23(14-25(41)42)36-30(43)29-27-21(33(27,3)4)15-40(29)31(44)24-16-39-11-7-10-38(5)32(39)37-24/h6-9,11-13,16,21,23,27,29H,10,14-15H2,1-5H3,(H,36,43)(H,41,42)/t21-,23?,27-,29-/m0/s1. The molecule has 2 fully saturated rings. The first-order valence-corrected chi connectivity index (χ1v) is 14.6. The van der Waals surface area contributed by atoms with E-state index in [-0.39, 0.29) is 28.5 Å². The molecule has 4 atom stereocenters. The predicted molar refractivity (Wildman–Crippen MR) is 161 cm³/mol. The van der Waals surface area contributed by atoms with Crippen molar-refractivity contribution in [2.24, 2.45) is 17.3 Å². The molecular formula is C33H35F2N5O4. The highest BCUT2D eigenvalue weighted by Crippen LogP contribution is 2.65. The van der Waals surface area contributed by atoms with Crippen LogP contribution in [-0.4, -0.2) is 63.5 Å². The minimum Gasteiger partial charge on any atom is -0.481 e. The lowest BCUT2D eigenvalue weighted by molar-refractivity contribution is -0.138. The van der Waals surface area contributed by atoms with Crippen LogP contribution in [0.2, 0.25) is 0 Å². The van der Waals surface area contributed by atoms with Gasteiger partial charge in [-0.1, -0.05) is 32.0 Å². The Morgan fingerprint density at radius 1 is 1.16 bits per heavy atom. The third-order valence-corrected chi connectivity index (χ3v) is 9.55. The molecule has 2 N–H and O–H groups in total. The number of carbonyl (C=O) groups excluding carboxylic acids is 2. The molecule has 2 aromatic carbocycles. The van der Waals surface area contributed by atoms with Crippen molar-refractivity contribution in [1.29, 1.82) is 0 Å². The quantitative estimate of drug-likeness (QED) is 0.402. The summed E-state index contributed by atoms with van der Waals surface area (Å²) in [7, 11) is 1.86. The summed E-state index contributed by atoms with van der Waals surface area (Å²) in [4.78, 5) is 47.6. The molecular weight excluding hydrogens is 568 g/mol. The van der Waals surface area contributed by atoms with Crippen LogP contribution < -0.4 is 10.2 Å². The number of nitrogens with one attached hydrogen (secondary N) is 1. The number of hydrogen-bond donors (Lipinski definition) is 2. The summed E-state index contributed by atoms with van der Waals surface area (Å²) in [5.74, 6) is -4.21. The first-order valence-electron chi connectivity index (χ1n) is 14.6. The summed E-state index contributed by atoms with van der Waals surface area (Å²) >= 11 is 0. The highest BCUT2D eigenvalue weighted by Gasteiger charge is 2.69. The van der Waals surface area contributed by atoms with Gasteiger partial charge < -0.3 is 20.2 Å². The molecule has 6 rings (SSSR count). The van der Waals surface area contributed by atoms with Crippen molar-refractivity contribution in [2.45, 2.75) is 46.2 Å². The highest BCUT2D eigenvalue weighted by molar-refractivity contribution is 5.98. The normalized spacial score (nSPS) is 21.9. The second-order valence-corrected chi connectivity index (χ2v) is 12.7. The Morgan fingerprint density at radius 3 is 2.52 bits per heavy atom. The fraction of sp³-hybridized carbons (Fsp3) is 0.394. The van der Waals surface area contributed by atoms with Crippen molar-refractivity contribution in [3.8, 4) is 11.1 Å². The van der Waals surface area contributed by atoms with Crippen molar-refractivity contribution in [1.82, 2.24) is 19.8 Å². The number of halogens is 2. The zero-order valence-corrected chi connectivity index (χ0v) is 25.3. The molecule has 230 valence electrons. The Balaban J connectivity index is 1.34. The molecule has 3 aromatic rings. The summed E-state index contributed by atoms with van der Waals surface area (Å²) < 4.78 is 32.2. The van der Waals surface area contributed by atoms with E-state index in [0.717, 1.165) is 17.2 Å². The van der Waals surface area contributed by atoms with E-state index in [1.807, 2.05) is 70.1 Å². The van der Waals surface area contributed by atoms with Gasteiger partial charge in [-0.3, -0.25) is 19.0 Å². The number of carboxylic acids is 1. The maximum Gasteiger partial charge on any atom is 0.305 e. The van der Waals surface area contributed by atoms with Crippen LogP contribution in [0.1, 0.15) is 53.5 Å². The first kappa shape index (κ1) is 29.5. The first-order chi connectivity index (χ1) is 20.8. The van der Waals surface area contributed by atoms with E-state index in [9.17, 15) is 19.5 Å². The van der Waals surface area contributed by atoms with Gasteiger partial charge in [0.05, 0.1) is 12.5 Å². The second-order valence-electron chi connectivity index (χ2n) is 12.7.